The molecule has 1 aromatic rings. The Morgan fingerprint density at radius 3 is 2.86 bits per heavy atom. The molecule has 2 aliphatic rings. The first-order chi connectivity index (χ1) is 10.3. The van der Waals surface area contributed by atoms with Gasteiger partial charge in [0.25, 0.3) is 0 Å². The average Bonchev–Trinajstić information content (AvgIpc) is 3.03. The second kappa shape index (κ2) is 7.39. The summed E-state index contributed by atoms with van der Waals surface area (Å²) in [5, 5.41) is 3.72. The third-order valence-corrected chi connectivity index (χ3v) is 4.94. The Balaban J connectivity index is 1.63. The lowest BCUT2D eigenvalue weighted by Gasteiger charge is -2.41. The smallest absolute Gasteiger partial charge is 0.0507 e. The predicted octanol–water partition coefficient (Wildman–Crippen LogP) is 2.32. The summed E-state index contributed by atoms with van der Waals surface area (Å²) in [6, 6.07) is 12.2. The molecule has 2 saturated heterocycles. The fourth-order valence-corrected chi connectivity index (χ4v) is 3.57. The van der Waals surface area contributed by atoms with Crippen LogP contribution in [0.4, 0.5) is 0 Å². The van der Waals surface area contributed by atoms with Gasteiger partial charge in [0.05, 0.1) is 6.61 Å². The van der Waals surface area contributed by atoms with Gasteiger partial charge in [0, 0.05) is 38.3 Å². The highest BCUT2D eigenvalue weighted by molar-refractivity contribution is 5.16. The van der Waals surface area contributed by atoms with E-state index >= 15 is 0 Å². The standard InChI is InChI=1S/C18H28N2O/c1-2-17-13-20(12-16-8-9-21-14-16)18(11-19-17)10-15-6-4-3-5-7-15/h3-7,16-19H,2,8-14H2,1H3. The summed E-state index contributed by atoms with van der Waals surface area (Å²) in [7, 11) is 0. The number of hydrogen-bond acceptors (Lipinski definition) is 3. The first-order valence-corrected chi connectivity index (χ1v) is 8.44. The highest BCUT2D eigenvalue weighted by Crippen LogP contribution is 2.20. The molecule has 0 spiro atoms. The summed E-state index contributed by atoms with van der Waals surface area (Å²) in [6.45, 7) is 7.70. The molecule has 21 heavy (non-hydrogen) atoms. The van der Waals surface area contributed by atoms with Crippen LogP contribution >= 0.6 is 0 Å². The number of nitrogens with zero attached hydrogens (tertiary/aromatic N) is 1. The zero-order valence-electron chi connectivity index (χ0n) is 13.1. The molecule has 3 unspecified atom stereocenters. The quantitative estimate of drug-likeness (QED) is 0.900. The summed E-state index contributed by atoms with van der Waals surface area (Å²) in [5.41, 5.74) is 1.45. The Bertz CT molecular complexity index is 416. The van der Waals surface area contributed by atoms with Crippen LogP contribution in [-0.4, -0.2) is 49.8 Å². The number of ether oxygens (including phenoxy) is 1. The molecule has 2 heterocycles. The van der Waals surface area contributed by atoms with E-state index in [0.29, 0.717) is 12.1 Å². The van der Waals surface area contributed by atoms with Crippen LogP contribution in [0.1, 0.15) is 25.3 Å². The van der Waals surface area contributed by atoms with Gasteiger partial charge in [-0.05, 0) is 30.7 Å². The number of hydrogen-bond donors (Lipinski definition) is 1. The molecular weight excluding hydrogens is 260 g/mol. The van der Waals surface area contributed by atoms with E-state index in [2.05, 4.69) is 47.5 Å². The molecule has 3 nitrogen and oxygen atoms in total. The second-order valence-corrected chi connectivity index (χ2v) is 6.54. The summed E-state index contributed by atoms with van der Waals surface area (Å²) < 4.78 is 5.56. The van der Waals surface area contributed by atoms with E-state index in [0.717, 1.165) is 32.1 Å². The van der Waals surface area contributed by atoms with Crippen molar-refractivity contribution in [3.05, 3.63) is 35.9 Å². The van der Waals surface area contributed by atoms with Gasteiger partial charge in [-0.1, -0.05) is 37.3 Å². The Morgan fingerprint density at radius 1 is 1.29 bits per heavy atom. The molecule has 2 aliphatic heterocycles. The minimum Gasteiger partial charge on any atom is -0.381 e. The van der Waals surface area contributed by atoms with E-state index in [1.807, 2.05) is 0 Å². The maximum absolute atomic E-state index is 5.56. The molecule has 2 fully saturated rings. The predicted molar refractivity (Wildman–Crippen MR) is 86.5 cm³/mol. The maximum atomic E-state index is 5.56. The van der Waals surface area contributed by atoms with Crippen molar-refractivity contribution in [3.8, 4) is 0 Å². The number of benzene rings is 1. The molecular formula is C18H28N2O. The largest absolute Gasteiger partial charge is 0.381 e. The zero-order valence-corrected chi connectivity index (χ0v) is 13.1. The van der Waals surface area contributed by atoms with E-state index in [1.165, 1.54) is 31.5 Å². The highest BCUT2D eigenvalue weighted by atomic mass is 16.5. The van der Waals surface area contributed by atoms with Crippen LogP contribution in [0.25, 0.3) is 0 Å². The Morgan fingerprint density at radius 2 is 2.14 bits per heavy atom. The Labute approximate surface area is 128 Å². The van der Waals surface area contributed by atoms with Gasteiger partial charge in [-0.15, -0.1) is 0 Å². The van der Waals surface area contributed by atoms with E-state index in [9.17, 15) is 0 Å². The van der Waals surface area contributed by atoms with Crippen LogP contribution in [0.5, 0.6) is 0 Å². The summed E-state index contributed by atoms with van der Waals surface area (Å²) in [5.74, 6) is 0.735. The summed E-state index contributed by atoms with van der Waals surface area (Å²) >= 11 is 0. The van der Waals surface area contributed by atoms with Crippen LogP contribution in [0.15, 0.2) is 30.3 Å². The van der Waals surface area contributed by atoms with Gasteiger partial charge in [-0.3, -0.25) is 4.90 Å². The zero-order chi connectivity index (χ0) is 14.5. The molecule has 0 radical (unpaired) electrons. The topological polar surface area (TPSA) is 24.5 Å². The fraction of sp³-hybridized carbons (Fsp3) is 0.667. The molecule has 116 valence electrons. The SMILES string of the molecule is CCC1CN(CC2CCOC2)C(Cc2ccccc2)CN1. The van der Waals surface area contributed by atoms with Gasteiger partial charge in [-0.2, -0.15) is 0 Å². The van der Waals surface area contributed by atoms with Gasteiger partial charge in [0.2, 0.25) is 0 Å². The maximum Gasteiger partial charge on any atom is 0.0507 e. The lowest BCUT2D eigenvalue weighted by atomic mass is 9.98. The first-order valence-electron chi connectivity index (χ1n) is 8.44. The van der Waals surface area contributed by atoms with E-state index in [-0.39, 0.29) is 0 Å². The molecule has 3 rings (SSSR count). The summed E-state index contributed by atoms with van der Waals surface area (Å²) in [6.07, 6.45) is 3.60. The Hall–Kier alpha value is -0.900. The van der Waals surface area contributed by atoms with Crippen LogP contribution in [-0.2, 0) is 11.2 Å². The Kier molecular flexibility index (Phi) is 5.28. The molecule has 1 N–H and O–H groups in total. The van der Waals surface area contributed by atoms with E-state index in [1.54, 1.807) is 0 Å². The average molecular weight is 288 g/mol. The van der Waals surface area contributed by atoms with Gasteiger partial charge in [0.1, 0.15) is 0 Å². The van der Waals surface area contributed by atoms with Gasteiger partial charge < -0.3 is 10.1 Å². The van der Waals surface area contributed by atoms with Crippen molar-refractivity contribution in [1.29, 1.82) is 0 Å². The van der Waals surface area contributed by atoms with Gasteiger partial charge in [0.15, 0.2) is 0 Å². The van der Waals surface area contributed by atoms with Crippen LogP contribution < -0.4 is 5.32 Å². The van der Waals surface area contributed by atoms with Crippen molar-refractivity contribution < 1.29 is 4.74 Å². The van der Waals surface area contributed by atoms with E-state index in [4.69, 9.17) is 4.74 Å². The van der Waals surface area contributed by atoms with Crippen molar-refractivity contribution in [2.24, 2.45) is 5.92 Å². The molecule has 0 amide bonds. The lowest BCUT2D eigenvalue weighted by Crippen LogP contribution is -2.58. The number of rotatable bonds is 5. The third-order valence-electron chi connectivity index (χ3n) is 4.94. The molecule has 3 atom stereocenters. The van der Waals surface area contributed by atoms with Crippen LogP contribution in [0.3, 0.4) is 0 Å². The van der Waals surface area contributed by atoms with Gasteiger partial charge in [-0.25, -0.2) is 0 Å². The monoisotopic (exact) mass is 288 g/mol. The van der Waals surface area contributed by atoms with Crippen molar-refractivity contribution in [1.82, 2.24) is 10.2 Å². The molecule has 0 saturated carbocycles. The molecule has 0 aromatic heterocycles. The van der Waals surface area contributed by atoms with Crippen molar-refractivity contribution in [3.63, 3.8) is 0 Å². The number of piperazine rings is 1. The lowest BCUT2D eigenvalue weighted by molar-refractivity contribution is 0.100. The fourth-order valence-electron chi connectivity index (χ4n) is 3.57. The van der Waals surface area contributed by atoms with Crippen molar-refractivity contribution >= 4 is 0 Å². The number of nitrogens with one attached hydrogen (secondary N) is 1. The van der Waals surface area contributed by atoms with Crippen LogP contribution in [0, 0.1) is 5.92 Å². The molecule has 0 aliphatic carbocycles. The highest BCUT2D eigenvalue weighted by Gasteiger charge is 2.29. The second-order valence-electron chi connectivity index (χ2n) is 6.54. The third kappa shape index (κ3) is 4.06. The van der Waals surface area contributed by atoms with Crippen LogP contribution in [0.2, 0.25) is 0 Å². The van der Waals surface area contributed by atoms with Crippen molar-refractivity contribution in [2.45, 2.75) is 38.3 Å². The molecule has 1 aromatic carbocycles. The van der Waals surface area contributed by atoms with Gasteiger partial charge >= 0.3 is 0 Å². The summed E-state index contributed by atoms with van der Waals surface area (Å²) in [4.78, 5) is 2.72. The molecule has 3 heteroatoms. The van der Waals surface area contributed by atoms with Crippen molar-refractivity contribution in [2.75, 3.05) is 32.8 Å². The minimum atomic E-state index is 0.621. The van der Waals surface area contributed by atoms with E-state index < -0.39 is 0 Å². The first kappa shape index (κ1) is 15.0. The molecule has 0 bridgehead atoms. The minimum absolute atomic E-state index is 0.621. The normalized spacial score (nSPS) is 30.6.